The van der Waals surface area contributed by atoms with Gasteiger partial charge in [0, 0.05) is 18.3 Å². The highest BCUT2D eigenvalue weighted by atomic mass is 32.2. The molecule has 1 atom stereocenters. The van der Waals surface area contributed by atoms with Crippen LogP contribution in [0.4, 0.5) is 0 Å². The number of hydrogen-bond donors (Lipinski definition) is 1. The van der Waals surface area contributed by atoms with Gasteiger partial charge in [0.1, 0.15) is 0 Å². The first kappa shape index (κ1) is 11.4. The fourth-order valence-electron chi connectivity index (χ4n) is 1.47. The third-order valence-electron chi connectivity index (χ3n) is 2.68. The van der Waals surface area contributed by atoms with E-state index in [4.69, 9.17) is 0 Å². The fraction of sp³-hybridized carbons (Fsp3) is 1.00. The van der Waals surface area contributed by atoms with Crippen molar-refractivity contribution < 1.29 is 0 Å². The van der Waals surface area contributed by atoms with Gasteiger partial charge in [-0.25, -0.2) is 0 Å². The molecule has 1 aliphatic rings. The Labute approximate surface area is 87.1 Å². The Kier molecular flexibility index (Phi) is 5.88. The molecule has 0 aromatic heterocycles. The Hall–Kier alpha value is 0.310. The van der Waals surface area contributed by atoms with E-state index in [-0.39, 0.29) is 0 Å². The second-order valence-electron chi connectivity index (χ2n) is 4.05. The second kappa shape index (κ2) is 6.72. The highest BCUT2D eigenvalue weighted by molar-refractivity contribution is 7.99. The summed E-state index contributed by atoms with van der Waals surface area (Å²) >= 11 is 2.09. The lowest BCUT2D eigenvalue weighted by Crippen LogP contribution is -2.29. The minimum Gasteiger partial charge on any atom is -0.313 e. The molecular weight excluding hydrogens is 178 g/mol. The van der Waals surface area contributed by atoms with Crippen molar-refractivity contribution >= 4 is 11.8 Å². The zero-order valence-electron chi connectivity index (χ0n) is 9.01. The molecule has 0 radical (unpaired) electrons. The van der Waals surface area contributed by atoms with Gasteiger partial charge in [0.2, 0.25) is 0 Å². The molecule has 0 heterocycles. The summed E-state index contributed by atoms with van der Waals surface area (Å²) in [6, 6.07) is 0.770. The molecular formula is C11H23NS. The quantitative estimate of drug-likeness (QED) is 0.606. The van der Waals surface area contributed by atoms with Crippen LogP contribution in [0.3, 0.4) is 0 Å². The first-order valence-electron chi connectivity index (χ1n) is 5.65. The van der Waals surface area contributed by atoms with Crippen molar-refractivity contribution in [3.63, 3.8) is 0 Å². The smallest absolute Gasteiger partial charge is 0.00673 e. The molecule has 1 N–H and O–H groups in total. The van der Waals surface area contributed by atoms with Gasteiger partial charge in [-0.3, -0.25) is 0 Å². The van der Waals surface area contributed by atoms with Crippen LogP contribution >= 0.6 is 11.8 Å². The van der Waals surface area contributed by atoms with Crippen molar-refractivity contribution in [1.29, 1.82) is 0 Å². The highest BCUT2D eigenvalue weighted by Gasteiger charge is 2.26. The van der Waals surface area contributed by atoms with Crippen molar-refractivity contribution in [3.8, 4) is 0 Å². The van der Waals surface area contributed by atoms with Crippen LogP contribution in [0.1, 0.15) is 39.5 Å². The minimum absolute atomic E-state index is 0.770. The van der Waals surface area contributed by atoms with E-state index in [0.717, 1.165) is 12.0 Å². The molecule has 0 aromatic carbocycles. The van der Waals surface area contributed by atoms with Gasteiger partial charge >= 0.3 is 0 Å². The van der Waals surface area contributed by atoms with Gasteiger partial charge in [0.25, 0.3) is 0 Å². The molecule has 1 nitrogen and oxygen atoms in total. The largest absolute Gasteiger partial charge is 0.313 e. The maximum Gasteiger partial charge on any atom is 0.00673 e. The van der Waals surface area contributed by atoms with Gasteiger partial charge in [-0.1, -0.05) is 13.3 Å². The Morgan fingerprint density at radius 2 is 2.15 bits per heavy atom. The maximum absolute atomic E-state index is 3.60. The molecule has 1 rings (SSSR count). The Bertz CT molecular complexity index is 123. The van der Waals surface area contributed by atoms with Gasteiger partial charge in [0.15, 0.2) is 0 Å². The summed E-state index contributed by atoms with van der Waals surface area (Å²) < 4.78 is 0. The molecule has 0 spiro atoms. The van der Waals surface area contributed by atoms with E-state index in [0.29, 0.717) is 0 Å². The van der Waals surface area contributed by atoms with Crippen molar-refractivity contribution in [2.75, 3.05) is 18.1 Å². The highest BCUT2D eigenvalue weighted by Crippen LogP contribution is 2.32. The van der Waals surface area contributed by atoms with Crippen molar-refractivity contribution in [2.24, 2.45) is 5.92 Å². The van der Waals surface area contributed by atoms with E-state index in [2.05, 4.69) is 30.9 Å². The summed E-state index contributed by atoms with van der Waals surface area (Å²) in [6.07, 6.45) is 5.62. The standard InChI is InChI=1S/C11H23NS/c1-3-4-8-13-9-7-12-10(2)11-5-6-11/h10-12H,3-9H2,1-2H3. The summed E-state index contributed by atoms with van der Waals surface area (Å²) in [6.45, 7) is 5.79. The molecule has 0 aromatic rings. The summed E-state index contributed by atoms with van der Waals surface area (Å²) in [5.74, 6) is 3.63. The molecule has 0 bridgehead atoms. The molecule has 1 saturated carbocycles. The number of rotatable bonds is 8. The van der Waals surface area contributed by atoms with Crippen molar-refractivity contribution in [2.45, 2.75) is 45.6 Å². The SMILES string of the molecule is CCCCSCCNC(C)C1CC1. The summed E-state index contributed by atoms with van der Waals surface area (Å²) in [7, 11) is 0. The third-order valence-corrected chi connectivity index (χ3v) is 3.75. The topological polar surface area (TPSA) is 12.0 Å². The number of thioether (sulfide) groups is 1. The predicted molar refractivity (Wildman–Crippen MR) is 62.4 cm³/mol. The van der Waals surface area contributed by atoms with Crippen LogP contribution in [-0.2, 0) is 0 Å². The van der Waals surface area contributed by atoms with Gasteiger partial charge in [0.05, 0.1) is 0 Å². The molecule has 1 aliphatic carbocycles. The zero-order valence-corrected chi connectivity index (χ0v) is 9.83. The fourth-order valence-corrected chi connectivity index (χ4v) is 2.43. The van der Waals surface area contributed by atoms with Crippen LogP contribution < -0.4 is 5.32 Å². The van der Waals surface area contributed by atoms with Gasteiger partial charge < -0.3 is 5.32 Å². The normalized spacial score (nSPS) is 18.9. The lowest BCUT2D eigenvalue weighted by atomic mass is 10.2. The van der Waals surface area contributed by atoms with Crippen LogP contribution in [0.15, 0.2) is 0 Å². The van der Waals surface area contributed by atoms with E-state index >= 15 is 0 Å². The molecule has 0 aliphatic heterocycles. The Morgan fingerprint density at radius 1 is 1.38 bits per heavy atom. The van der Waals surface area contributed by atoms with E-state index in [1.54, 1.807) is 0 Å². The summed E-state index contributed by atoms with van der Waals surface area (Å²) in [4.78, 5) is 0. The van der Waals surface area contributed by atoms with Crippen LogP contribution in [0, 0.1) is 5.92 Å². The van der Waals surface area contributed by atoms with Crippen molar-refractivity contribution in [1.82, 2.24) is 5.32 Å². The van der Waals surface area contributed by atoms with Gasteiger partial charge in [-0.15, -0.1) is 0 Å². The van der Waals surface area contributed by atoms with E-state index in [1.165, 1.54) is 43.7 Å². The maximum atomic E-state index is 3.60. The van der Waals surface area contributed by atoms with E-state index in [1.807, 2.05) is 0 Å². The zero-order chi connectivity index (χ0) is 9.52. The molecule has 1 unspecified atom stereocenters. The number of nitrogens with one attached hydrogen (secondary N) is 1. The van der Waals surface area contributed by atoms with Crippen molar-refractivity contribution in [3.05, 3.63) is 0 Å². The predicted octanol–water partition coefficient (Wildman–Crippen LogP) is 2.91. The van der Waals surface area contributed by atoms with E-state index < -0.39 is 0 Å². The molecule has 0 saturated heterocycles. The Balaban J connectivity index is 1.77. The molecule has 0 amide bonds. The number of unbranched alkanes of at least 4 members (excludes halogenated alkanes) is 1. The first-order valence-corrected chi connectivity index (χ1v) is 6.81. The monoisotopic (exact) mass is 201 g/mol. The summed E-state index contributed by atoms with van der Waals surface area (Å²) in [5, 5.41) is 3.60. The number of hydrogen-bond acceptors (Lipinski definition) is 2. The molecule has 1 fully saturated rings. The van der Waals surface area contributed by atoms with Crippen LogP contribution in [0.5, 0.6) is 0 Å². The molecule has 2 heteroatoms. The van der Waals surface area contributed by atoms with Crippen LogP contribution in [-0.4, -0.2) is 24.1 Å². The van der Waals surface area contributed by atoms with E-state index in [9.17, 15) is 0 Å². The lowest BCUT2D eigenvalue weighted by molar-refractivity contribution is 0.514. The van der Waals surface area contributed by atoms with Crippen LogP contribution in [0.25, 0.3) is 0 Å². The molecule has 13 heavy (non-hydrogen) atoms. The average Bonchev–Trinajstić information content (AvgIpc) is 2.93. The minimum atomic E-state index is 0.770. The Morgan fingerprint density at radius 3 is 2.77 bits per heavy atom. The van der Waals surface area contributed by atoms with Gasteiger partial charge in [-0.05, 0) is 37.9 Å². The lowest BCUT2D eigenvalue weighted by Gasteiger charge is -2.11. The second-order valence-corrected chi connectivity index (χ2v) is 5.27. The third kappa shape index (κ3) is 5.58. The van der Waals surface area contributed by atoms with Gasteiger partial charge in [-0.2, -0.15) is 11.8 Å². The molecule has 78 valence electrons. The summed E-state index contributed by atoms with van der Waals surface area (Å²) in [5.41, 5.74) is 0. The average molecular weight is 201 g/mol. The first-order chi connectivity index (χ1) is 6.34. The van der Waals surface area contributed by atoms with Crippen LogP contribution in [0.2, 0.25) is 0 Å².